The first kappa shape index (κ1) is 15.5. The predicted octanol–water partition coefficient (Wildman–Crippen LogP) is 1.96. The first-order valence-corrected chi connectivity index (χ1v) is 7.57. The van der Waals surface area contributed by atoms with Crippen molar-refractivity contribution in [1.82, 2.24) is 9.88 Å². The largest absolute Gasteiger partial charge is 0.464 e. The van der Waals surface area contributed by atoms with Crippen LogP contribution in [0.15, 0.2) is 24.5 Å². The molecule has 1 amide bonds. The molecule has 1 aromatic heterocycles. The van der Waals surface area contributed by atoms with Gasteiger partial charge >= 0.3 is 5.97 Å². The molecular formula is C16H22N2O3. The lowest BCUT2D eigenvalue weighted by atomic mass is 10.0. The van der Waals surface area contributed by atoms with Crippen molar-refractivity contribution in [1.29, 1.82) is 0 Å². The maximum atomic E-state index is 12.4. The summed E-state index contributed by atoms with van der Waals surface area (Å²) >= 11 is 0. The fraction of sp³-hybridized carbons (Fsp3) is 0.562. The Labute approximate surface area is 125 Å². The summed E-state index contributed by atoms with van der Waals surface area (Å²) < 4.78 is 5.08. The van der Waals surface area contributed by atoms with Gasteiger partial charge in [-0.1, -0.05) is 0 Å². The molecule has 114 valence electrons. The van der Waals surface area contributed by atoms with E-state index in [0.717, 1.165) is 18.4 Å². The van der Waals surface area contributed by atoms with Gasteiger partial charge in [-0.05, 0) is 50.3 Å². The van der Waals surface area contributed by atoms with E-state index in [-0.39, 0.29) is 11.9 Å². The number of esters is 1. The van der Waals surface area contributed by atoms with Crippen LogP contribution in [-0.4, -0.2) is 41.0 Å². The van der Waals surface area contributed by atoms with Gasteiger partial charge in [-0.15, -0.1) is 0 Å². The lowest BCUT2D eigenvalue weighted by Gasteiger charge is -2.34. The summed E-state index contributed by atoms with van der Waals surface area (Å²) in [5.41, 5.74) is 1.09. The Morgan fingerprint density at radius 2 is 2.10 bits per heavy atom. The second-order valence-electron chi connectivity index (χ2n) is 5.21. The van der Waals surface area contributed by atoms with Crippen molar-refractivity contribution in [3.8, 4) is 0 Å². The van der Waals surface area contributed by atoms with Crippen molar-refractivity contribution in [3.05, 3.63) is 30.1 Å². The fourth-order valence-electron chi connectivity index (χ4n) is 2.66. The van der Waals surface area contributed by atoms with Gasteiger partial charge in [0.2, 0.25) is 5.91 Å². The lowest BCUT2D eigenvalue weighted by Crippen LogP contribution is -2.48. The van der Waals surface area contributed by atoms with E-state index in [1.165, 1.54) is 0 Å². The van der Waals surface area contributed by atoms with Gasteiger partial charge in [0.15, 0.2) is 0 Å². The zero-order valence-corrected chi connectivity index (χ0v) is 12.5. The SMILES string of the molecule is CCOC(=O)C1CCCCN1C(=O)CCc1ccncc1. The number of pyridine rings is 1. The van der Waals surface area contributed by atoms with E-state index in [0.29, 0.717) is 32.4 Å². The number of aromatic nitrogens is 1. The van der Waals surface area contributed by atoms with Gasteiger partial charge in [-0.2, -0.15) is 0 Å². The van der Waals surface area contributed by atoms with E-state index in [2.05, 4.69) is 4.98 Å². The molecule has 1 unspecified atom stereocenters. The van der Waals surface area contributed by atoms with Gasteiger partial charge in [-0.3, -0.25) is 9.78 Å². The van der Waals surface area contributed by atoms with Crippen LogP contribution in [0.4, 0.5) is 0 Å². The van der Waals surface area contributed by atoms with Crippen LogP contribution in [0, 0.1) is 0 Å². The van der Waals surface area contributed by atoms with Crippen LogP contribution >= 0.6 is 0 Å². The molecule has 1 aliphatic rings. The molecule has 1 aromatic rings. The van der Waals surface area contributed by atoms with Crippen LogP contribution in [0.3, 0.4) is 0 Å². The molecule has 5 heteroatoms. The van der Waals surface area contributed by atoms with E-state index >= 15 is 0 Å². The predicted molar refractivity (Wildman–Crippen MR) is 78.5 cm³/mol. The third-order valence-electron chi connectivity index (χ3n) is 3.76. The summed E-state index contributed by atoms with van der Waals surface area (Å²) in [4.78, 5) is 30.0. The van der Waals surface area contributed by atoms with E-state index in [1.54, 1.807) is 24.2 Å². The molecule has 2 heterocycles. The van der Waals surface area contributed by atoms with Crippen LogP contribution < -0.4 is 0 Å². The number of likely N-dealkylation sites (tertiary alicyclic amines) is 1. The number of carbonyl (C=O) groups excluding carboxylic acids is 2. The standard InChI is InChI=1S/C16H22N2O3/c1-2-21-16(20)14-5-3-4-12-18(14)15(19)7-6-13-8-10-17-11-9-13/h8-11,14H,2-7,12H2,1H3. The Morgan fingerprint density at radius 1 is 1.33 bits per heavy atom. The van der Waals surface area contributed by atoms with Crippen molar-refractivity contribution in [2.75, 3.05) is 13.2 Å². The third-order valence-corrected chi connectivity index (χ3v) is 3.76. The van der Waals surface area contributed by atoms with Crippen molar-refractivity contribution in [2.45, 2.75) is 45.1 Å². The minimum absolute atomic E-state index is 0.0320. The summed E-state index contributed by atoms with van der Waals surface area (Å²) in [6, 6.07) is 3.42. The zero-order chi connectivity index (χ0) is 15.1. The topological polar surface area (TPSA) is 59.5 Å². The number of carbonyl (C=O) groups is 2. The molecule has 0 saturated carbocycles. The van der Waals surface area contributed by atoms with Crippen LogP contribution in [0.1, 0.15) is 38.2 Å². The highest BCUT2D eigenvalue weighted by molar-refractivity contribution is 5.84. The molecule has 1 saturated heterocycles. The Kier molecular flexibility index (Phi) is 5.72. The van der Waals surface area contributed by atoms with Crippen molar-refractivity contribution < 1.29 is 14.3 Å². The fourth-order valence-corrected chi connectivity index (χ4v) is 2.66. The molecule has 2 rings (SSSR count). The summed E-state index contributed by atoms with van der Waals surface area (Å²) in [5, 5.41) is 0. The van der Waals surface area contributed by atoms with E-state index in [9.17, 15) is 9.59 Å². The molecule has 0 bridgehead atoms. The molecule has 0 radical (unpaired) electrons. The second-order valence-corrected chi connectivity index (χ2v) is 5.21. The van der Waals surface area contributed by atoms with Crippen LogP contribution in [0.25, 0.3) is 0 Å². The summed E-state index contributed by atoms with van der Waals surface area (Å²) in [6.45, 7) is 2.80. The molecule has 0 spiro atoms. The number of ether oxygens (including phenoxy) is 1. The van der Waals surface area contributed by atoms with E-state index < -0.39 is 6.04 Å². The minimum atomic E-state index is -0.399. The Balaban J connectivity index is 1.93. The highest BCUT2D eigenvalue weighted by atomic mass is 16.5. The summed E-state index contributed by atoms with van der Waals surface area (Å²) in [6.07, 6.45) is 7.17. The Morgan fingerprint density at radius 3 is 2.81 bits per heavy atom. The molecule has 0 N–H and O–H groups in total. The number of piperidine rings is 1. The smallest absolute Gasteiger partial charge is 0.328 e. The van der Waals surface area contributed by atoms with Crippen molar-refractivity contribution >= 4 is 11.9 Å². The van der Waals surface area contributed by atoms with Gasteiger partial charge in [0, 0.05) is 25.4 Å². The zero-order valence-electron chi connectivity index (χ0n) is 12.5. The third kappa shape index (κ3) is 4.28. The number of hydrogen-bond acceptors (Lipinski definition) is 4. The summed E-state index contributed by atoms with van der Waals surface area (Å²) in [7, 11) is 0. The normalized spacial score (nSPS) is 18.3. The van der Waals surface area contributed by atoms with Gasteiger partial charge in [0.05, 0.1) is 6.61 Å². The molecule has 5 nitrogen and oxygen atoms in total. The first-order chi connectivity index (χ1) is 10.2. The number of nitrogens with zero attached hydrogens (tertiary/aromatic N) is 2. The highest BCUT2D eigenvalue weighted by Crippen LogP contribution is 2.19. The molecular weight excluding hydrogens is 268 g/mol. The van der Waals surface area contributed by atoms with Crippen LogP contribution in [0.5, 0.6) is 0 Å². The number of hydrogen-bond donors (Lipinski definition) is 0. The van der Waals surface area contributed by atoms with Gasteiger partial charge in [0.1, 0.15) is 6.04 Å². The number of amides is 1. The van der Waals surface area contributed by atoms with Gasteiger partial charge in [-0.25, -0.2) is 4.79 Å². The van der Waals surface area contributed by atoms with Gasteiger partial charge in [0.25, 0.3) is 0 Å². The number of rotatable bonds is 5. The second kappa shape index (κ2) is 7.76. The van der Waals surface area contributed by atoms with Crippen LogP contribution in [-0.2, 0) is 20.7 Å². The van der Waals surface area contributed by atoms with Crippen molar-refractivity contribution in [2.24, 2.45) is 0 Å². The minimum Gasteiger partial charge on any atom is -0.464 e. The summed E-state index contributed by atoms with van der Waals surface area (Å²) in [5.74, 6) is -0.237. The Hall–Kier alpha value is -1.91. The van der Waals surface area contributed by atoms with E-state index in [1.807, 2.05) is 12.1 Å². The maximum absolute atomic E-state index is 12.4. The molecule has 0 aromatic carbocycles. The molecule has 21 heavy (non-hydrogen) atoms. The average molecular weight is 290 g/mol. The maximum Gasteiger partial charge on any atom is 0.328 e. The number of aryl methyl sites for hydroxylation is 1. The molecule has 0 aliphatic carbocycles. The molecule has 1 fully saturated rings. The first-order valence-electron chi connectivity index (χ1n) is 7.57. The quantitative estimate of drug-likeness (QED) is 0.778. The molecule has 1 atom stereocenters. The average Bonchev–Trinajstić information content (AvgIpc) is 2.54. The molecule has 1 aliphatic heterocycles. The lowest BCUT2D eigenvalue weighted by molar-refractivity contribution is -0.156. The highest BCUT2D eigenvalue weighted by Gasteiger charge is 2.32. The Bertz CT molecular complexity index is 476. The van der Waals surface area contributed by atoms with Crippen LogP contribution in [0.2, 0.25) is 0 Å². The van der Waals surface area contributed by atoms with Gasteiger partial charge < -0.3 is 9.64 Å². The van der Waals surface area contributed by atoms with Crippen molar-refractivity contribution in [3.63, 3.8) is 0 Å². The van der Waals surface area contributed by atoms with E-state index in [4.69, 9.17) is 4.74 Å². The monoisotopic (exact) mass is 290 g/mol.